The molecule has 2 rings (SSSR count). The van der Waals surface area contributed by atoms with Crippen LogP contribution >= 0.6 is 11.8 Å². The van der Waals surface area contributed by atoms with Crippen molar-refractivity contribution in [3.63, 3.8) is 0 Å². The summed E-state index contributed by atoms with van der Waals surface area (Å²) in [6.07, 6.45) is 0.842. The zero-order chi connectivity index (χ0) is 15.4. The van der Waals surface area contributed by atoms with E-state index in [9.17, 15) is 9.59 Å². The van der Waals surface area contributed by atoms with Crippen LogP contribution in [0.4, 0.5) is 0 Å². The number of amides is 1. The number of aromatic nitrogens is 2. The number of carbonyl (C=O) groups excluding carboxylic acids is 1. The first-order valence-electron chi connectivity index (χ1n) is 6.87. The standard InChI is InChI=1S/C15H19N3O2S/c1-4-9-18-14(20)11-7-5-6-8-12(11)16-15(18)21-10-13(19)17(2)3/h5-8H,4,9-10H2,1-3H3. The highest BCUT2D eigenvalue weighted by molar-refractivity contribution is 7.99. The Morgan fingerprint density at radius 1 is 1.33 bits per heavy atom. The van der Waals surface area contributed by atoms with Gasteiger partial charge >= 0.3 is 0 Å². The highest BCUT2D eigenvalue weighted by atomic mass is 32.2. The summed E-state index contributed by atoms with van der Waals surface area (Å²) >= 11 is 1.31. The molecule has 0 aliphatic rings. The summed E-state index contributed by atoms with van der Waals surface area (Å²) in [4.78, 5) is 30.3. The Balaban J connectivity index is 2.43. The highest BCUT2D eigenvalue weighted by Crippen LogP contribution is 2.18. The monoisotopic (exact) mass is 305 g/mol. The van der Waals surface area contributed by atoms with Gasteiger partial charge in [0.25, 0.3) is 5.56 Å². The van der Waals surface area contributed by atoms with Crippen molar-refractivity contribution in [3.05, 3.63) is 34.6 Å². The van der Waals surface area contributed by atoms with Crippen LogP contribution in [0.5, 0.6) is 0 Å². The maximum atomic E-state index is 12.5. The molecule has 1 aromatic heterocycles. The number of carbonyl (C=O) groups is 1. The van der Waals surface area contributed by atoms with E-state index in [0.717, 1.165) is 6.42 Å². The Kier molecular flexibility index (Phi) is 5.01. The van der Waals surface area contributed by atoms with E-state index in [1.54, 1.807) is 24.7 Å². The predicted octanol–water partition coefficient (Wildman–Crippen LogP) is 1.99. The average molecular weight is 305 g/mol. The number of hydrogen-bond donors (Lipinski definition) is 0. The van der Waals surface area contributed by atoms with Gasteiger partial charge in [0, 0.05) is 20.6 Å². The van der Waals surface area contributed by atoms with E-state index in [2.05, 4.69) is 4.98 Å². The summed E-state index contributed by atoms with van der Waals surface area (Å²) in [6, 6.07) is 7.31. The Bertz CT molecular complexity index is 710. The molecule has 0 saturated heterocycles. The fraction of sp³-hybridized carbons (Fsp3) is 0.400. The first kappa shape index (κ1) is 15.6. The van der Waals surface area contributed by atoms with Crippen LogP contribution in [0.25, 0.3) is 10.9 Å². The molecule has 2 aromatic rings. The average Bonchev–Trinajstić information content (AvgIpc) is 2.48. The molecule has 0 radical (unpaired) electrons. The van der Waals surface area contributed by atoms with E-state index < -0.39 is 0 Å². The highest BCUT2D eigenvalue weighted by Gasteiger charge is 2.13. The lowest BCUT2D eigenvalue weighted by Crippen LogP contribution is -2.26. The number of hydrogen-bond acceptors (Lipinski definition) is 4. The lowest BCUT2D eigenvalue weighted by atomic mass is 10.2. The van der Waals surface area contributed by atoms with Crippen LogP contribution < -0.4 is 5.56 Å². The third-order valence-electron chi connectivity index (χ3n) is 3.10. The number of rotatable bonds is 5. The van der Waals surface area contributed by atoms with E-state index >= 15 is 0 Å². The van der Waals surface area contributed by atoms with Gasteiger partial charge < -0.3 is 4.90 Å². The Hall–Kier alpha value is -1.82. The van der Waals surface area contributed by atoms with Gasteiger partial charge in [-0.3, -0.25) is 14.2 Å². The Labute approximate surface area is 128 Å². The van der Waals surface area contributed by atoms with Gasteiger partial charge in [-0.05, 0) is 18.6 Å². The zero-order valence-electron chi connectivity index (χ0n) is 12.5. The molecule has 0 saturated carbocycles. The molecule has 0 unspecified atom stereocenters. The summed E-state index contributed by atoms with van der Waals surface area (Å²) in [6.45, 7) is 2.62. The molecule has 1 amide bonds. The van der Waals surface area contributed by atoms with Crippen molar-refractivity contribution in [1.29, 1.82) is 0 Å². The normalized spacial score (nSPS) is 10.8. The predicted molar refractivity (Wildman–Crippen MR) is 85.7 cm³/mol. The van der Waals surface area contributed by atoms with E-state index in [4.69, 9.17) is 0 Å². The first-order chi connectivity index (χ1) is 10.0. The fourth-order valence-electron chi connectivity index (χ4n) is 1.93. The van der Waals surface area contributed by atoms with Crippen LogP contribution in [-0.2, 0) is 11.3 Å². The maximum absolute atomic E-state index is 12.5. The number of fused-ring (bicyclic) bond motifs is 1. The quantitative estimate of drug-likeness (QED) is 0.626. The summed E-state index contributed by atoms with van der Waals surface area (Å²) in [5, 5.41) is 1.23. The molecule has 6 heteroatoms. The number of benzene rings is 1. The molecule has 0 N–H and O–H groups in total. The lowest BCUT2D eigenvalue weighted by molar-refractivity contribution is -0.125. The third kappa shape index (κ3) is 3.44. The number of thioether (sulfide) groups is 1. The molecule has 5 nitrogen and oxygen atoms in total. The van der Waals surface area contributed by atoms with Crippen molar-refractivity contribution in [2.24, 2.45) is 0 Å². The second kappa shape index (κ2) is 6.76. The van der Waals surface area contributed by atoms with Gasteiger partial charge in [-0.25, -0.2) is 4.98 Å². The lowest BCUT2D eigenvalue weighted by Gasteiger charge is -2.13. The minimum atomic E-state index is -0.0396. The molecule has 1 heterocycles. The molecule has 0 aliphatic heterocycles. The molecule has 0 fully saturated rings. The van der Waals surface area contributed by atoms with Crippen molar-refractivity contribution in [1.82, 2.24) is 14.5 Å². The minimum absolute atomic E-state index is 0.00505. The van der Waals surface area contributed by atoms with Crippen molar-refractivity contribution in [2.75, 3.05) is 19.8 Å². The largest absolute Gasteiger partial charge is 0.348 e. The van der Waals surface area contributed by atoms with Gasteiger partial charge in [-0.1, -0.05) is 30.8 Å². The van der Waals surface area contributed by atoms with E-state index in [1.165, 1.54) is 16.7 Å². The van der Waals surface area contributed by atoms with Crippen LogP contribution in [0.2, 0.25) is 0 Å². The summed E-state index contributed by atoms with van der Waals surface area (Å²) in [7, 11) is 3.44. The number of nitrogens with zero attached hydrogens (tertiary/aromatic N) is 3. The van der Waals surface area contributed by atoms with Crippen molar-refractivity contribution in [3.8, 4) is 0 Å². The SMILES string of the molecule is CCCn1c(SCC(=O)N(C)C)nc2ccccc2c1=O. The van der Waals surface area contributed by atoms with Gasteiger partial charge in [0.05, 0.1) is 16.7 Å². The van der Waals surface area contributed by atoms with Crippen molar-refractivity contribution >= 4 is 28.6 Å². The molecular weight excluding hydrogens is 286 g/mol. The number of para-hydroxylation sites is 1. The van der Waals surface area contributed by atoms with Crippen LogP contribution in [0.3, 0.4) is 0 Å². The van der Waals surface area contributed by atoms with E-state index in [0.29, 0.717) is 22.6 Å². The first-order valence-corrected chi connectivity index (χ1v) is 7.85. The molecule has 0 atom stereocenters. The second-order valence-corrected chi connectivity index (χ2v) is 5.89. The summed E-state index contributed by atoms with van der Waals surface area (Å²) < 4.78 is 1.66. The van der Waals surface area contributed by atoms with E-state index in [1.807, 2.05) is 25.1 Å². The van der Waals surface area contributed by atoms with Gasteiger partial charge in [0.1, 0.15) is 0 Å². The minimum Gasteiger partial charge on any atom is -0.348 e. The molecule has 0 aliphatic carbocycles. The maximum Gasteiger partial charge on any atom is 0.262 e. The smallest absolute Gasteiger partial charge is 0.262 e. The van der Waals surface area contributed by atoms with Gasteiger partial charge in [-0.2, -0.15) is 0 Å². The molecular formula is C15H19N3O2S. The third-order valence-corrected chi connectivity index (χ3v) is 4.06. The molecule has 0 bridgehead atoms. The van der Waals surface area contributed by atoms with Gasteiger partial charge in [-0.15, -0.1) is 0 Å². The zero-order valence-corrected chi connectivity index (χ0v) is 13.3. The van der Waals surface area contributed by atoms with Crippen LogP contribution in [0.15, 0.2) is 34.2 Å². The van der Waals surface area contributed by atoms with E-state index in [-0.39, 0.29) is 17.2 Å². The molecule has 112 valence electrons. The molecule has 0 spiro atoms. The van der Waals surface area contributed by atoms with Crippen LogP contribution in [-0.4, -0.2) is 40.2 Å². The molecule has 1 aromatic carbocycles. The van der Waals surface area contributed by atoms with Gasteiger partial charge in [0.2, 0.25) is 5.91 Å². The van der Waals surface area contributed by atoms with Crippen LogP contribution in [0.1, 0.15) is 13.3 Å². The summed E-state index contributed by atoms with van der Waals surface area (Å²) in [5.74, 6) is 0.284. The van der Waals surface area contributed by atoms with Crippen LogP contribution in [0, 0.1) is 0 Å². The topological polar surface area (TPSA) is 55.2 Å². The van der Waals surface area contributed by atoms with Crippen molar-refractivity contribution < 1.29 is 4.79 Å². The Morgan fingerprint density at radius 2 is 2.05 bits per heavy atom. The van der Waals surface area contributed by atoms with Crippen molar-refractivity contribution in [2.45, 2.75) is 25.0 Å². The molecule has 21 heavy (non-hydrogen) atoms. The second-order valence-electron chi connectivity index (χ2n) is 4.95. The van der Waals surface area contributed by atoms with Gasteiger partial charge in [0.15, 0.2) is 5.16 Å². The Morgan fingerprint density at radius 3 is 2.71 bits per heavy atom. The summed E-state index contributed by atoms with van der Waals surface area (Å²) in [5.41, 5.74) is 0.636. The fourth-order valence-corrected chi connectivity index (χ4v) is 2.94.